The number of carbonyl (C=O) groups is 2. The summed E-state index contributed by atoms with van der Waals surface area (Å²) in [6.45, 7) is 4.03. The first-order valence-corrected chi connectivity index (χ1v) is 8.67. The maximum absolute atomic E-state index is 12.4. The molecule has 0 spiro atoms. The third kappa shape index (κ3) is 3.90. The fraction of sp³-hybridized carbons (Fsp3) is 0.421. The lowest BCUT2D eigenvalue weighted by atomic mass is 10.1. The molecule has 1 saturated carbocycles. The van der Waals surface area contributed by atoms with Crippen molar-refractivity contribution in [3.8, 4) is 0 Å². The Morgan fingerprint density at radius 2 is 1.80 bits per heavy atom. The van der Waals surface area contributed by atoms with E-state index in [1.807, 2.05) is 32.0 Å². The molecule has 0 radical (unpaired) electrons. The second-order valence-electron chi connectivity index (χ2n) is 6.76. The minimum absolute atomic E-state index is 0.0154. The van der Waals surface area contributed by atoms with Crippen LogP contribution in [0.25, 0.3) is 0 Å². The monoisotopic (exact) mass is 340 g/mol. The minimum atomic E-state index is -0.291. The predicted octanol–water partition coefficient (Wildman–Crippen LogP) is 3.42. The zero-order chi connectivity index (χ0) is 18.0. The molecule has 1 aromatic carbocycles. The van der Waals surface area contributed by atoms with Crippen LogP contribution in [0.3, 0.4) is 0 Å². The number of benzene rings is 1. The molecule has 0 atom stereocenters. The Balaban J connectivity index is 1.69. The lowest BCUT2D eigenvalue weighted by Gasteiger charge is -2.09. The maximum Gasteiger partial charge on any atom is 0.276 e. The van der Waals surface area contributed by atoms with Crippen molar-refractivity contribution >= 4 is 23.3 Å². The van der Waals surface area contributed by atoms with Gasteiger partial charge in [0.1, 0.15) is 5.82 Å². The van der Waals surface area contributed by atoms with E-state index in [0.717, 1.165) is 36.9 Å². The molecule has 1 aliphatic rings. The first kappa shape index (κ1) is 17.2. The Hall–Kier alpha value is -2.63. The van der Waals surface area contributed by atoms with E-state index in [-0.39, 0.29) is 23.4 Å². The average molecular weight is 340 g/mol. The van der Waals surface area contributed by atoms with Crippen molar-refractivity contribution in [3.63, 3.8) is 0 Å². The van der Waals surface area contributed by atoms with Crippen LogP contribution >= 0.6 is 0 Å². The summed E-state index contributed by atoms with van der Waals surface area (Å²) < 4.78 is 1.53. The highest BCUT2D eigenvalue weighted by molar-refractivity contribution is 6.04. The van der Waals surface area contributed by atoms with Gasteiger partial charge in [0.25, 0.3) is 5.91 Å². The molecule has 6 nitrogen and oxygen atoms in total. The zero-order valence-corrected chi connectivity index (χ0v) is 14.9. The smallest absolute Gasteiger partial charge is 0.276 e. The Kier molecular flexibility index (Phi) is 4.88. The molecule has 0 bridgehead atoms. The highest BCUT2D eigenvalue weighted by Crippen LogP contribution is 2.26. The Bertz CT molecular complexity index is 804. The molecule has 0 aliphatic heterocycles. The van der Waals surface area contributed by atoms with E-state index in [1.165, 1.54) is 10.2 Å². The van der Waals surface area contributed by atoms with Gasteiger partial charge in [-0.05, 0) is 49.9 Å². The average Bonchev–Trinajstić information content (AvgIpc) is 3.21. The maximum atomic E-state index is 12.4. The zero-order valence-electron chi connectivity index (χ0n) is 14.9. The van der Waals surface area contributed by atoms with Crippen LogP contribution in [0, 0.1) is 19.8 Å². The lowest BCUT2D eigenvalue weighted by molar-refractivity contribution is -0.119. The quantitative estimate of drug-likeness (QED) is 0.895. The van der Waals surface area contributed by atoms with Crippen molar-refractivity contribution < 1.29 is 9.59 Å². The van der Waals surface area contributed by atoms with Crippen LogP contribution in [-0.2, 0) is 11.8 Å². The summed E-state index contributed by atoms with van der Waals surface area (Å²) >= 11 is 0. The van der Waals surface area contributed by atoms with Crippen molar-refractivity contribution in [2.45, 2.75) is 39.5 Å². The first-order chi connectivity index (χ1) is 11.9. The molecule has 1 fully saturated rings. The van der Waals surface area contributed by atoms with Crippen LogP contribution < -0.4 is 10.6 Å². The van der Waals surface area contributed by atoms with E-state index in [2.05, 4.69) is 15.7 Å². The van der Waals surface area contributed by atoms with E-state index >= 15 is 0 Å². The normalized spacial score (nSPS) is 14.5. The SMILES string of the molecule is Cc1ccc(NC(=O)c2cc(NC(=O)C3CCCC3)n(C)n2)cc1C. The van der Waals surface area contributed by atoms with E-state index in [1.54, 1.807) is 13.1 Å². The Labute approximate surface area is 147 Å². The lowest BCUT2D eigenvalue weighted by Crippen LogP contribution is -2.21. The van der Waals surface area contributed by atoms with Gasteiger partial charge in [-0.2, -0.15) is 5.10 Å². The van der Waals surface area contributed by atoms with E-state index in [0.29, 0.717) is 5.82 Å². The number of aryl methyl sites for hydroxylation is 3. The number of amides is 2. The van der Waals surface area contributed by atoms with E-state index in [4.69, 9.17) is 0 Å². The highest BCUT2D eigenvalue weighted by atomic mass is 16.2. The van der Waals surface area contributed by atoms with Gasteiger partial charge in [0, 0.05) is 24.7 Å². The third-order valence-corrected chi connectivity index (χ3v) is 4.85. The van der Waals surface area contributed by atoms with Crippen molar-refractivity contribution in [2.75, 3.05) is 10.6 Å². The molecule has 0 unspecified atom stereocenters. The summed E-state index contributed by atoms with van der Waals surface area (Å²) in [5, 5.41) is 9.95. The van der Waals surface area contributed by atoms with Crippen LogP contribution in [0.4, 0.5) is 11.5 Å². The predicted molar refractivity (Wildman–Crippen MR) is 97.7 cm³/mol. The third-order valence-electron chi connectivity index (χ3n) is 4.85. The highest BCUT2D eigenvalue weighted by Gasteiger charge is 2.24. The van der Waals surface area contributed by atoms with Crippen LogP contribution in [0.1, 0.15) is 47.3 Å². The second-order valence-corrected chi connectivity index (χ2v) is 6.76. The number of nitrogens with one attached hydrogen (secondary N) is 2. The van der Waals surface area contributed by atoms with Gasteiger partial charge in [-0.3, -0.25) is 14.3 Å². The van der Waals surface area contributed by atoms with Crippen molar-refractivity contribution in [1.82, 2.24) is 9.78 Å². The van der Waals surface area contributed by atoms with Crippen molar-refractivity contribution in [1.29, 1.82) is 0 Å². The van der Waals surface area contributed by atoms with E-state index in [9.17, 15) is 9.59 Å². The Morgan fingerprint density at radius 3 is 2.48 bits per heavy atom. The van der Waals surface area contributed by atoms with Crippen LogP contribution in [0.15, 0.2) is 24.3 Å². The van der Waals surface area contributed by atoms with Gasteiger partial charge in [0.2, 0.25) is 5.91 Å². The summed E-state index contributed by atoms with van der Waals surface area (Å²) in [6.07, 6.45) is 4.08. The molecule has 2 N–H and O–H groups in total. The van der Waals surface area contributed by atoms with Gasteiger partial charge in [-0.15, -0.1) is 0 Å². The summed E-state index contributed by atoms with van der Waals surface area (Å²) in [7, 11) is 1.72. The standard InChI is InChI=1S/C19H24N4O2/c1-12-8-9-15(10-13(12)2)20-19(25)16-11-17(23(3)22-16)21-18(24)14-6-4-5-7-14/h8-11,14H,4-7H2,1-3H3,(H,20,25)(H,21,24). The molecule has 0 saturated heterocycles. The molecular weight excluding hydrogens is 316 g/mol. The van der Waals surface area contributed by atoms with E-state index < -0.39 is 0 Å². The van der Waals surface area contributed by atoms with Crippen molar-refractivity contribution in [3.05, 3.63) is 41.1 Å². The molecule has 1 aromatic heterocycles. The van der Waals surface area contributed by atoms with Gasteiger partial charge < -0.3 is 10.6 Å². The first-order valence-electron chi connectivity index (χ1n) is 8.67. The molecule has 1 aliphatic carbocycles. The van der Waals surface area contributed by atoms with Gasteiger partial charge in [-0.1, -0.05) is 18.9 Å². The molecule has 6 heteroatoms. The molecule has 2 amide bonds. The Morgan fingerprint density at radius 1 is 1.08 bits per heavy atom. The van der Waals surface area contributed by atoms with Gasteiger partial charge in [0.05, 0.1) is 0 Å². The second kappa shape index (κ2) is 7.09. The van der Waals surface area contributed by atoms with Crippen LogP contribution in [0.2, 0.25) is 0 Å². The number of rotatable bonds is 4. The number of nitrogens with zero attached hydrogens (tertiary/aromatic N) is 2. The minimum Gasteiger partial charge on any atom is -0.321 e. The summed E-state index contributed by atoms with van der Waals surface area (Å²) in [6, 6.07) is 7.38. The fourth-order valence-electron chi connectivity index (χ4n) is 3.13. The van der Waals surface area contributed by atoms with Crippen LogP contribution in [-0.4, -0.2) is 21.6 Å². The summed E-state index contributed by atoms with van der Waals surface area (Å²) in [4.78, 5) is 24.7. The molecule has 25 heavy (non-hydrogen) atoms. The molecule has 1 heterocycles. The van der Waals surface area contributed by atoms with Crippen LogP contribution in [0.5, 0.6) is 0 Å². The number of carbonyl (C=O) groups excluding carboxylic acids is 2. The largest absolute Gasteiger partial charge is 0.321 e. The number of aromatic nitrogens is 2. The molecular formula is C19H24N4O2. The number of anilines is 2. The van der Waals surface area contributed by atoms with Gasteiger partial charge in [-0.25, -0.2) is 0 Å². The summed E-state index contributed by atoms with van der Waals surface area (Å²) in [5.74, 6) is 0.340. The molecule has 2 aromatic rings. The molecule has 132 valence electrons. The van der Waals surface area contributed by atoms with Gasteiger partial charge >= 0.3 is 0 Å². The van der Waals surface area contributed by atoms with Crippen molar-refractivity contribution in [2.24, 2.45) is 13.0 Å². The topological polar surface area (TPSA) is 76.0 Å². The molecule has 3 rings (SSSR count). The number of hydrogen-bond donors (Lipinski definition) is 2. The fourth-order valence-corrected chi connectivity index (χ4v) is 3.13. The summed E-state index contributed by atoms with van der Waals surface area (Å²) in [5.41, 5.74) is 3.30. The van der Waals surface area contributed by atoms with Gasteiger partial charge in [0.15, 0.2) is 5.69 Å². The number of hydrogen-bond acceptors (Lipinski definition) is 3.